The molecule has 0 aliphatic heterocycles. The molecule has 2 nitrogen and oxygen atoms in total. The van der Waals surface area contributed by atoms with Crippen LogP contribution in [0.4, 0.5) is 11.4 Å². The van der Waals surface area contributed by atoms with Gasteiger partial charge in [0, 0.05) is 19.3 Å². The molecule has 0 spiro atoms. The Balaban J connectivity index is 2.46. The molecule has 3 rings (SSSR count). The summed E-state index contributed by atoms with van der Waals surface area (Å²) in [6.45, 7) is 25.4. The zero-order valence-electron chi connectivity index (χ0n) is 24.9. The molecule has 0 radical (unpaired) electrons. The van der Waals surface area contributed by atoms with Crippen LogP contribution in [0.25, 0.3) is 0 Å². The third kappa shape index (κ3) is 6.91. The van der Waals surface area contributed by atoms with Crippen molar-refractivity contribution >= 4 is 25.3 Å². The molecule has 0 heterocycles. The number of benzene rings is 3. The summed E-state index contributed by atoms with van der Waals surface area (Å²) in [6.07, 6.45) is 0. The van der Waals surface area contributed by atoms with Crippen LogP contribution in [-0.4, -0.2) is 17.2 Å². The summed E-state index contributed by atoms with van der Waals surface area (Å²) < 4.78 is 2.62. The Morgan fingerprint density at radius 1 is 0.676 bits per heavy atom. The first-order valence-corrected chi connectivity index (χ1v) is 15.1. The van der Waals surface area contributed by atoms with Crippen molar-refractivity contribution in [2.24, 2.45) is 4.99 Å². The normalized spacial score (nSPS) is 13.1. The van der Waals surface area contributed by atoms with Crippen LogP contribution in [0.2, 0.25) is 0 Å². The van der Waals surface area contributed by atoms with Crippen LogP contribution in [0, 0.1) is 6.92 Å². The fourth-order valence-electron chi connectivity index (χ4n) is 4.95. The van der Waals surface area contributed by atoms with E-state index in [4.69, 9.17) is 4.99 Å². The summed E-state index contributed by atoms with van der Waals surface area (Å²) >= 11 is 0. The highest BCUT2D eigenvalue weighted by molar-refractivity contribution is 7.61. The quantitative estimate of drug-likeness (QED) is 0.181. The molecule has 0 bridgehead atoms. The molecule has 0 aliphatic carbocycles. The standard InChI is InChI=1S/C34H47N2P/c1-24(2)37(25(3)4)36(31-19-15-13-17-29(31)34(9,10)11)32(27-22-20-26(5)21-23-27)35-30-18-14-12-16-28(30)33(6,7)8/h12-25H,1-11H3/b35-32-. The van der Waals surface area contributed by atoms with Crippen LogP contribution in [0.15, 0.2) is 77.8 Å². The van der Waals surface area contributed by atoms with E-state index in [0.717, 1.165) is 17.1 Å². The number of para-hydroxylation sites is 2. The second kappa shape index (κ2) is 11.5. The van der Waals surface area contributed by atoms with E-state index in [0.29, 0.717) is 11.3 Å². The van der Waals surface area contributed by atoms with E-state index < -0.39 is 8.07 Å². The second-order valence-corrected chi connectivity index (χ2v) is 15.9. The van der Waals surface area contributed by atoms with Crippen molar-refractivity contribution in [2.45, 2.75) is 98.3 Å². The highest BCUT2D eigenvalue weighted by atomic mass is 31.1. The van der Waals surface area contributed by atoms with Gasteiger partial charge in [-0.05, 0) is 52.3 Å². The molecule has 3 aromatic carbocycles. The largest absolute Gasteiger partial charge is 0.303 e. The predicted molar refractivity (Wildman–Crippen MR) is 167 cm³/mol. The van der Waals surface area contributed by atoms with Gasteiger partial charge in [-0.3, -0.25) is 0 Å². The van der Waals surface area contributed by atoms with Gasteiger partial charge >= 0.3 is 0 Å². The molecule has 0 unspecified atom stereocenters. The average Bonchev–Trinajstić information content (AvgIpc) is 2.80. The Morgan fingerprint density at radius 2 is 1.16 bits per heavy atom. The van der Waals surface area contributed by atoms with Crippen molar-refractivity contribution in [3.8, 4) is 0 Å². The summed E-state index contributed by atoms with van der Waals surface area (Å²) in [7, 11) is -0.584. The van der Waals surface area contributed by atoms with Crippen molar-refractivity contribution in [3.05, 3.63) is 95.1 Å². The van der Waals surface area contributed by atoms with Gasteiger partial charge in [0.1, 0.15) is 5.84 Å². The molecule has 0 amide bonds. The fraction of sp³-hybridized carbons (Fsp3) is 0.441. The van der Waals surface area contributed by atoms with Gasteiger partial charge in [0.25, 0.3) is 0 Å². The van der Waals surface area contributed by atoms with Crippen LogP contribution in [0.3, 0.4) is 0 Å². The summed E-state index contributed by atoms with van der Waals surface area (Å²) in [4.78, 5) is 5.57. The number of rotatable bonds is 6. The number of amidine groups is 1. The summed E-state index contributed by atoms with van der Waals surface area (Å²) in [5.41, 5.74) is 8.35. The number of hydrogen-bond donors (Lipinski definition) is 0. The summed E-state index contributed by atoms with van der Waals surface area (Å²) in [5.74, 6) is 1.04. The Bertz CT molecular complexity index is 1200. The SMILES string of the molecule is Cc1ccc(/C(=N/c2ccccc2C(C)(C)C)N(c2ccccc2C(C)(C)C)P(C(C)C)C(C)C)cc1. The number of aryl methyl sites for hydroxylation is 1. The molecule has 3 heteroatoms. The van der Waals surface area contributed by atoms with Crippen LogP contribution in [0.1, 0.15) is 91.5 Å². The van der Waals surface area contributed by atoms with E-state index in [9.17, 15) is 0 Å². The van der Waals surface area contributed by atoms with Gasteiger partial charge < -0.3 is 4.67 Å². The van der Waals surface area contributed by atoms with E-state index in [1.54, 1.807) is 0 Å². The number of nitrogens with zero attached hydrogens (tertiary/aromatic N) is 2. The highest BCUT2D eigenvalue weighted by Gasteiger charge is 2.33. The summed E-state index contributed by atoms with van der Waals surface area (Å²) in [5, 5.41) is 0. The number of anilines is 1. The molecule has 37 heavy (non-hydrogen) atoms. The van der Waals surface area contributed by atoms with Gasteiger partial charge in [-0.15, -0.1) is 0 Å². The Hall–Kier alpha value is -2.44. The van der Waals surface area contributed by atoms with Gasteiger partial charge in [-0.1, -0.05) is 135 Å². The zero-order chi connectivity index (χ0) is 27.5. The molecule has 0 aliphatic rings. The van der Waals surface area contributed by atoms with Crippen LogP contribution >= 0.6 is 8.07 Å². The fourth-order valence-corrected chi connectivity index (χ4v) is 7.87. The lowest BCUT2D eigenvalue weighted by atomic mass is 9.85. The van der Waals surface area contributed by atoms with Gasteiger partial charge in [0.2, 0.25) is 0 Å². The molecule has 0 saturated heterocycles. The minimum absolute atomic E-state index is 0.00546. The minimum Gasteiger partial charge on any atom is -0.303 e. The van der Waals surface area contributed by atoms with Gasteiger partial charge in [-0.25, -0.2) is 4.99 Å². The van der Waals surface area contributed by atoms with Crippen molar-refractivity contribution in [1.82, 2.24) is 0 Å². The third-order valence-electron chi connectivity index (χ3n) is 6.68. The van der Waals surface area contributed by atoms with Crippen molar-refractivity contribution in [1.29, 1.82) is 0 Å². The van der Waals surface area contributed by atoms with E-state index in [1.807, 2.05) is 0 Å². The molecule has 198 valence electrons. The molecule has 0 atom stereocenters. The lowest BCUT2D eigenvalue weighted by Crippen LogP contribution is -2.34. The Morgan fingerprint density at radius 3 is 1.68 bits per heavy atom. The maximum atomic E-state index is 5.57. The van der Waals surface area contributed by atoms with Crippen molar-refractivity contribution < 1.29 is 0 Å². The monoisotopic (exact) mass is 514 g/mol. The molecule has 0 fully saturated rings. The maximum Gasteiger partial charge on any atom is 0.144 e. The van der Waals surface area contributed by atoms with Crippen molar-refractivity contribution in [2.75, 3.05) is 4.67 Å². The lowest BCUT2D eigenvalue weighted by molar-refractivity contribution is 0.591. The first-order valence-electron chi connectivity index (χ1n) is 13.6. The summed E-state index contributed by atoms with van der Waals surface area (Å²) in [6, 6.07) is 26.5. The predicted octanol–water partition coefficient (Wildman–Crippen LogP) is 10.4. The van der Waals surface area contributed by atoms with E-state index in [-0.39, 0.29) is 10.8 Å². The topological polar surface area (TPSA) is 15.6 Å². The first-order chi connectivity index (χ1) is 17.2. The number of aliphatic imine (C=N–C) groups is 1. The average molecular weight is 515 g/mol. The molecule has 0 N–H and O–H groups in total. The molecule has 0 aromatic heterocycles. The van der Waals surface area contributed by atoms with Gasteiger partial charge in [-0.2, -0.15) is 0 Å². The van der Waals surface area contributed by atoms with E-state index in [2.05, 4.69) is 154 Å². The molecular formula is C34H47N2P. The Labute approximate surface area is 228 Å². The third-order valence-corrected chi connectivity index (χ3v) is 9.66. The smallest absolute Gasteiger partial charge is 0.144 e. The molecule has 0 saturated carbocycles. The van der Waals surface area contributed by atoms with Crippen LogP contribution < -0.4 is 4.67 Å². The van der Waals surface area contributed by atoms with E-state index >= 15 is 0 Å². The van der Waals surface area contributed by atoms with Crippen molar-refractivity contribution in [3.63, 3.8) is 0 Å². The van der Waals surface area contributed by atoms with Gasteiger partial charge in [0.05, 0.1) is 5.69 Å². The minimum atomic E-state index is -0.584. The maximum absolute atomic E-state index is 5.57. The highest BCUT2D eigenvalue weighted by Crippen LogP contribution is 2.54. The van der Waals surface area contributed by atoms with Gasteiger partial charge in [0.15, 0.2) is 0 Å². The van der Waals surface area contributed by atoms with Crippen LogP contribution in [0.5, 0.6) is 0 Å². The zero-order valence-corrected chi connectivity index (χ0v) is 25.8. The first kappa shape index (κ1) is 29.1. The van der Waals surface area contributed by atoms with E-state index in [1.165, 1.54) is 22.4 Å². The Kier molecular flexibility index (Phi) is 9.07. The lowest BCUT2D eigenvalue weighted by Gasteiger charge is -2.42. The molecule has 3 aromatic rings. The second-order valence-electron chi connectivity index (χ2n) is 12.7. The van der Waals surface area contributed by atoms with Crippen LogP contribution in [-0.2, 0) is 10.8 Å². The molecular weight excluding hydrogens is 467 g/mol. The number of hydrogen-bond acceptors (Lipinski definition) is 1.